The van der Waals surface area contributed by atoms with Crippen LogP contribution in [0.15, 0.2) is 11.6 Å². The number of carbonyl (C=O) groups is 1. The van der Waals surface area contributed by atoms with Crippen LogP contribution in [-0.4, -0.2) is 63.2 Å². The summed E-state index contributed by atoms with van der Waals surface area (Å²) in [6.45, 7) is 6.11. The van der Waals surface area contributed by atoms with Gasteiger partial charge in [-0.15, -0.1) is 0 Å². The molecule has 4 heteroatoms. The number of hydrogen-bond donors (Lipinski definition) is 0. The van der Waals surface area contributed by atoms with Crippen LogP contribution in [0.2, 0.25) is 0 Å². The Bertz CT molecular complexity index is 292. The van der Waals surface area contributed by atoms with Crippen molar-refractivity contribution >= 4 is 5.97 Å². The number of methoxy groups -OCH3 is 1. The summed E-state index contributed by atoms with van der Waals surface area (Å²) in [7, 11) is 5.69. The third kappa shape index (κ3) is 5.19. The molecule has 0 amide bonds. The van der Waals surface area contributed by atoms with E-state index in [1.54, 1.807) is 0 Å². The number of rotatable bonds is 5. The van der Waals surface area contributed by atoms with Gasteiger partial charge in [-0.1, -0.05) is 6.08 Å². The molecule has 1 heterocycles. The Kier molecular flexibility index (Phi) is 6.36. The lowest BCUT2D eigenvalue weighted by molar-refractivity contribution is -0.136. The molecule has 1 saturated heterocycles. The van der Waals surface area contributed by atoms with Crippen LogP contribution in [-0.2, 0) is 9.53 Å². The van der Waals surface area contributed by atoms with Gasteiger partial charge in [0.2, 0.25) is 0 Å². The van der Waals surface area contributed by atoms with E-state index in [1.165, 1.54) is 26.5 Å². The van der Waals surface area contributed by atoms with Gasteiger partial charge in [0.15, 0.2) is 0 Å². The van der Waals surface area contributed by atoms with Crippen LogP contribution < -0.4 is 0 Å². The molecule has 4 nitrogen and oxygen atoms in total. The summed E-state index contributed by atoms with van der Waals surface area (Å²) in [6.07, 6.45) is 4.48. The number of nitrogens with zero attached hydrogens (tertiary/aromatic N) is 2. The maximum absolute atomic E-state index is 11.2. The Labute approximate surface area is 111 Å². The summed E-state index contributed by atoms with van der Waals surface area (Å²) in [6, 6.07) is 0. The van der Waals surface area contributed by atoms with Crippen LogP contribution in [0.1, 0.15) is 19.8 Å². The van der Waals surface area contributed by atoms with Gasteiger partial charge in [0.05, 0.1) is 7.11 Å². The van der Waals surface area contributed by atoms with Gasteiger partial charge in [-0.2, -0.15) is 0 Å². The molecule has 0 aromatic carbocycles. The molecule has 0 aliphatic carbocycles. The SMILES string of the molecule is COC(=O)C(C)=CCN1CCC(CN(C)C)CC1. The second-order valence-electron chi connectivity index (χ2n) is 5.38. The van der Waals surface area contributed by atoms with Gasteiger partial charge in [-0.25, -0.2) is 4.79 Å². The molecule has 0 aromatic rings. The average molecular weight is 254 g/mol. The fourth-order valence-corrected chi connectivity index (χ4v) is 2.38. The van der Waals surface area contributed by atoms with Crippen molar-refractivity contribution in [2.24, 2.45) is 5.92 Å². The number of hydrogen-bond acceptors (Lipinski definition) is 4. The first-order valence-electron chi connectivity index (χ1n) is 6.65. The molecule has 1 aliphatic rings. The monoisotopic (exact) mass is 254 g/mol. The Morgan fingerprint density at radius 2 is 2.00 bits per heavy atom. The lowest BCUT2D eigenvalue weighted by Gasteiger charge is -2.32. The van der Waals surface area contributed by atoms with Crippen LogP contribution >= 0.6 is 0 Å². The summed E-state index contributed by atoms with van der Waals surface area (Å²) < 4.78 is 4.68. The first-order valence-corrected chi connectivity index (χ1v) is 6.65. The van der Waals surface area contributed by atoms with Gasteiger partial charge in [0.1, 0.15) is 0 Å². The summed E-state index contributed by atoms with van der Waals surface area (Å²) in [4.78, 5) is 15.9. The lowest BCUT2D eigenvalue weighted by atomic mass is 9.96. The van der Waals surface area contributed by atoms with Crippen molar-refractivity contribution in [2.75, 3.05) is 47.4 Å². The average Bonchev–Trinajstić information content (AvgIpc) is 2.36. The highest BCUT2D eigenvalue weighted by Crippen LogP contribution is 2.17. The molecule has 1 rings (SSSR count). The highest BCUT2D eigenvalue weighted by Gasteiger charge is 2.18. The smallest absolute Gasteiger partial charge is 0.333 e. The third-order valence-corrected chi connectivity index (χ3v) is 3.49. The topological polar surface area (TPSA) is 32.8 Å². The zero-order chi connectivity index (χ0) is 13.5. The quantitative estimate of drug-likeness (QED) is 0.548. The van der Waals surface area contributed by atoms with Crippen molar-refractivity contribution in [2.45, 2.75) is 19.8 Å². The second kappa shape index (κ2) is 7.54. The fraction of sp³-hybridized carbons (Fsp3) is 0.786. The minimum absolute atomic E-state index is 0.225. The molecule has 104 valence electrons. The number of ether oxygens (including phenoxy) is 1. The Hall–Kier alpha value is -0.870. The fourth-order valence-electron chi connectivity index (χ4n) is 2.38. The van der Waals surface area contributed by atoms with Gasteiger partial charge in [0.25, 0.3) is 0 Å². The predicted molar refractivity (Wildman–Crippen MR) is 73.5 cm³/mol. The first-order chi connectivity index (χ1) is 8.52. The van der Waals surface area contributed by atoms with Crippen molar-refractivity contribution in [3.8, 4) is 0 Å². The number of piperidine rings is 1. The van der Waals surface area contributed by atoms with Gasteiger partial charge in [-0.05, 0) is 52.9 Å². The van der Waals surface area contributed by atoms with E-state index in [0.717, 1.165) is 25.6 Å². The lowest BCUT2D eigenvalue weighted by Crippen LogP contribution is -2.37. The highest BCUT2D eigenvalue weighted by molar-refractivity contribution is 5.87. The summed E-state index contributed by atoms with van der Waals surface area (Å²) in [5.41, 5.74) is 0.702. The zero-order valence-corrected chi connectivity index (χ0v) is 12.1. The van der Waals surface area contributed by atoms with Crippen LogP contribution in [0, 0.1) is 5.92 Å². The second-order valence-corrected chi connectivity index (χ2v) is 5.38. The summed E-state index contributed by atoms with van der Waals surface area (Å²) in [5, 5.41) is 0. The molecule has 0 spiro atoms. The minimum atomic E-state index is -0.225. The largest absolute Gasteiger partial charge is 0.466 e. The maximum atomic E-state index is 11.2. The van der Waals surface area contributed by atoms with E-state index < -0.39 is 0 Å². The van der Waals surface area contributed by atoms with Crippen molar-refractivity contribution in [3.05, 3.63) is 11.6 Å². The molecule has 0 radical (unpaired) electrons. The van der Waals surface area contributed by atoms with Gasteiger partial charge in [-0.3, -0.25) is 4.90 Å². The molecule has 0 aromatic heterocycles. The Morgan fingerprint density at radius 3 is 2.50 bits per heavy atom. The zero-order valence-electron chi connectivity index (χ0n) is 12.1. The molecule has 0 unspecified atom stereocenters. The number of carbonyl (C=O) groups excluding carboxylic acids is 1. The molecule has 0 N–H and O–H groups in total. The van der Waals surface area contributed by atoms with E-state index in [-0.39, 0.29) is 5.97 Å². The van der Waals surface area contributed by atoms with Crippen LogP contribution in [0.3, 0.4) is 0 Å². The number of likely N-dealkylation sites (tertiary alicyclic amines) is 1. The summed E-state index contributed by atoms with van der Waals surface area (Å²) in [5.74, 6) is 0.597. The van der Waals surface area contributed by atoms with Crippen molar-refractivity contribution in [1.29, 1.82) is 0 Å². The van der Waals surface area contributed by atoms with Gasteiger partial charge >= 0.3 is 5.97 Å². The molecule has 18 heavy (non-hydrogen) atoms. The van der Waals surface area contributed by atoms with Crippen molar-refractivity contribution in [3.63, 3.8) is 0 Å². The van der Waals surface area contributed by atoms with Gasteiger partial charge in [0, 0.05) is 18.7 Å². The van der Waals surface area contributed by atoms with E-state index in [0.29, 0.717) is 5.57 Å². The first kappa shape index (κ1) is 15.2. The van der Waals surface area contributed by atoms with Gasteiger partial charge < -0.3 is 9.64 Å². The van der Waals surface area contributed by atoms with Crippen LogP contribution in [0.25, 0.3) is 0 Å². The van der Waals surface area contributed by atoms with E-state index >= 15 is 0 Å². The summed E-state index contributed by atoms with van der Waals surface area (Å²) >= 11 is 0. The van der Waals surface area contributed by atoms with E-state index in [1.807, 2.05) is 13.0 Å². The highest BCUT2D eigenvalue weighted by atomic mass is 16.5. The molecule has 0 saturated carbocycles. The van der Waals surface area contributed by atoms with E-state index in [2.05, 4.69) is 28.6 Å². The van der Waals surface area contributed by atoms with E-state index in [4.69, 9.17) is 0 Å². The van der Waals surface area contributed by atoms with Crippen molar-refractivity contribution < 1.29 is 9.53 Å². The number of esters is 1. The van der Waals surface area contributed by atoms with Crippen LogP contribution in [0.5, 0.6) is 0 Å². The minimum Gasteiger partial charge on any atom is -0.466 e. The van der Waals surface area contributed by atoms with E-state index in [9.17, 15) is 4.79 Å². The molecular formula is C14H26N2O2. The predicted octanol–water partition coefficient (Wildman–Crippen LogP) is 1.38. The molecular weight excluding hydrogens is 228 g/mol. The molecule has 1 fully saturated rings. The normalized spacial score (nSPS) is 19.3. The molecule has 0 atom stereocenters. The third-order valence-electron chi connectivity index (χ3n) is 3.49. The van der Waals surface area contributed by atoms with Crippen LogP contribution in [0.4, 0.5) is 0 Å². The molecule has 1 aliphatic heterocycles. The standard InChI is InChI=1S/C14H26N2O2/c1-12(14(17)18-4)5-8-16-9-6-13(7-10-16)11-15(2)3/h5,13H,6-11H2,1-4H3. The Morgan fingerprint density at radius 1 is 1.39 bits per heavy atom. The Balaban J connectivity index is 2.29. The maximum Gasteiger partial charge on any atom is 0.333 e. The van der Waals surface area contributed by atoms with Crippen molar-refractivity contribution in [1.82, 2.24) is 9.80 Å². The molecule has 0 bridgehead atoms.